The number of aryl methyl sites for hydroxylation is 1. The molecule has 6 heteroatoms. The molecule has 2 aromatic rings. The largest absolute Gasteiger partial charge is 0.409 e. The third kappa shape index (κ3) is 2.65. The van der Waals surface area contributed by atoms with Crippen LogP contribution in [0.2, 0.25) is 0 Å². The number of oxime groups is 1. The Morgan fingerprint density at radius 1 is 1.24 bits per heavy atom. The molecule has 0 unspecified atom stereocenters. The van der Waals surface area contributed by atoms with Crippen LogP contribution < -0.4 is 10.6 Å². The highest BCUT2D eigenvalue weighted by molar-refractivity contribution is 6.01. The van der Waals surface area contributed by atoms with Crippen molar-refractivity contribution in [3.05, 3.63) is 53.2 Å². The van der Waals surface area contributed by atoms with Crippen molar-refractivity contribution in [3.8, 4) is 0 Å². The fourth-order valence-electron chi connectivity index (χ4n) is 2.69. The topological polar surface area (TPSA) is 87.6 Å². The van der Waals surface area contributed by atoms with Crippen LogP contribution in [-0.2, 0) is 13.0 Å². The summed E-state index contributed by atoms with van der Waals surface area (Å²) in [6, 6.07) is 10.1. The number of hydrogen-bond donors (Lipinski definition) is 2. The Hall–Kier alpha value is -2.63. The van der Waals surface area contributed by atoms with E-state index < -0.39 is 0 Å². The average Bonchev–Trinajstić information content (AvgIpc) is 2.76. The molecular formula is C15H17N5O. The predicted octanol–water partition coefficient (Wildman–Crippen LogP) is 1.52. The third-order valence-electron chi connectivity index (χ3n) is 3.74. The summed E-state index contributed by atoms with van der Waals surface area (Å²) in [5.41, 5.74) is 9.00. The molecule has 6 nitrogen and oxygen atoms in total. The second-order valence-electron chi connectivity index (χ2n) is 5.05. The van der Waals surface area contributed by atoms with Gasteiger partial charge in [0.1, 0.15) is 0 Å². The SMILES string of the molecule is N/C(=N/O)c1ccnnc1N1CCCc2ccccc2C1. The molecule has 0 amide bonds. The molecule has 108 valence electrons. The molecule has 1 aromatic heterocycles. The Labute approximate surface area is 122 Å². The van der Waals surface area contributed by atoms with Crippen LogP contribution in [0.5, 0.6) is 0 Å². The lowest BCUT2D eigenvalue weighted by atomic mass is 10.0. The first-order valence-electron chi connectivity index (χ1n) is 6.91. The fraction of sp³-hybridized carbons (Fsp3) is 0.267. The van der Waals surface area contributed by atoms with Gasteiger partial charge in [-0.25, -0.2) is 0 Å². The predicted molar refractivity (Wildman–Crippen MR) is 80.4 cm³/mol. The number of rotatable bonds is 2. The number of hydrogen-bond acceptors (Lipinski definition) is 5. The van der Waals surface area contributed by atoms with Crippen LogP contribution in [0, 0.1) is 0 Å². The van der Waals surface area contributed by atoms with Crippen LogP contribution in [0.1, 0.15) is 23.1 Å². The van der Waals surface area contributed by atoms with E-state index in [0.717, 1.165) is 25.9 Å². The second kappa shape index (κ2) is 5.78. The number of fused-ring (bicyclic) bond motifs is 1. The highest BCUT2D eigenvalue weighted by Crippen LogP contribution is 2.24. The first-order valence-corrected chi connectivity index (χ1v) is 6.91. The molecule has 0 radical (unpaired) electrons. The van der Waals surface area contributed by atoms with Crippen molar-refractivity contribution in [2.24, 2.45) is 10.9 Å². The lowest BCUT2D eigenvalue weighted by Gasteiger charge is -2.23. The van der Waals surface area contributed by atoms with E-state index in [2.05, 4.69) is 38.5 Å². The van der Waals surface area contributed by atoms with E-state index >= 15 is 0 Å². The van der Waals surface area contributed by atoms with Gasteiger partial charge in [0.05, 0.1) is 11.8 Å². The summed E-state index contributed by atoms with van der Waals surface area (Å²) in [6.45, 7) is 1.61. The van der Waals surface area contributed by atoms with E-state index in [-0.39, 0.29) is 5.84 Å². The normalized spacial score (nSPS) is 15.4. The molecule has 3 N–H and O–H groups in total. The van der Waals surface area contributed by atoms with E-state index in [0.29, 0.717) is 11.4 Å². The van der Waals surface area contributed by atoms with E-state index in [1.807, 2.05) is 6.07 Å². The molecule has 0 spiro atoms. The molecular weight excluding hydrogens is 266 g/mol. The summed E-state index contributed by atoms with van der Waals surface area (Å²) in [4.78, 5) is 2.13. The highest BCUT2D eigenvalue weighted by Gasteiger charge is 2.19. The van der Waals surface area contributed by atoms with Crippen LogP contribution in [0.25, 0.3) is 0 Å². The van der Waals surface area contributed by atoms with Gasteiger partial charge >= 0.3 is 0 Å². The van der Waals surface area contributed by atoms with Gasteiger partial charge in [-0.1, -0.05) is 29.4 Å². The average molecular weight is 283 g/mol. The Balaban J connectivity index is 1.98. The van der Waals surface area contributed by atoms with Gasteiger partial charge in [0.25, 0.3) is 0 Å². The van der Waals surface area contributed by atoms with Gasteiger partial charge in [0, 0.05) is 13.1 Å². The maximum Gasteiger partial charge on any atom is 0.173 e. The zero-order chi connectivity index (χ0) is 14.7. The molecule has 0 fully saturated rings. The molecule has 0 atom stereocenters. The van der Waals surface area contributed by atoms with Gasteiger partial charge in [-0.05, 0) is 30.0 Å². The van der Waals surface area contributed by atoms with Crippen LogP contribution in [0.4, 0.5) is 5.82 Å². The standard InChI is InChI=1S/C15H17N5O/c16-14(19-21)13-7-8-17-18-15(13)20-9-3-6-11-4-1-2-5-12(11)10-20/h1-2,4-5,7-8,21H,3,6,9-10H2,(H2,16,19). The Bertz CT molecular complexity index is 671. The number of anilines is 1. The summed E-state index contributed by atoms with van der Waals surface area (Å²) in [6.07, 6.45) is 3.62. The lowest BCUT2D eigenvalue weighted by Crippen LogP contribution is -2.28. The van der Waals surface area contributed by atoms with Crippen LogP contribution >= 0.6 is 0 Å². The summed E-state index contributed by atoms with van der Waals surface area (Å²) in [5.74, 6) is 0.710. The molecule has 0 aliphatic carbocycles. The van der Waals surface area contributed by atoms with Crippen molar-refractivity contribution in [2.45, 2.75) is 19.4 Å². The fourth-order valence-corrected chi connectivity index (χ4v) is 2.69. The number of nitrogens with two attached hydrogens (primary N) is 1. The van der Waals surface area contributed by atoms with Crippen LogP contribution in [0.15, 0.2) is 41.7 Å². The van der Waals surface area contributed by atoms with Crippen LogP contribution in [-0.4, -0.2) is 27.8 Å². The van der Waals surface area contributed by atoms with Gasteiger partial charge in [0.15, 0.2) is 11.7 Å². The van der Waals surface area contributed by atoms with Gasteiger partial charge in [0.2, 0.25) is 0 Å². The van der Waals surface area contributed by atoms with E-state index in [9.17, 15) is 0 Å². The van der Waals surface area contributed by atoms with Crippen molar-refractivity contribution in [3.63, 3.8) is 0 Å². The Morgan fingerprint density at radius 3 is 2.86 bits per heavy atom. The summed E-state index contributed by atoms with van der Waals surface area (Å²) >= 11 is 0. The molecule has 21 heavy (non-hydrogen) atoms. The maximum absolute atomic E-state index is 8.92. The first kappa shape index (κ1) is 13.4. The smallest absolute Gasteiger partial charge is 0.173 e. The van der Waals surface area contributed by atoms with Crippen molar-refractivity contribution in [2.75, 3.05) is 11.4 Å². The van der Waals surface area contributed by atoms with Gasteiger partial charge < -0.3 is 15.8 Å². The second-order valence-corrected chi connectivity index (χ2v) is 5.05. The van der Waals surface area contributed by atoms with Crippen LogP contribution in [0.3, 0.4) is 0 Å². The molecule has 1 aromatic carbocycles. The quantitative estimate of drug-likeness (QED) is 0.377. The minimum Gasteiger partial charge on any atom is -0.409 e. The third-order valence-corrected chi connectivity index (χ3v) is 3.74. The van der Waals surface area contributed by atoms with Crippen molar-refractivity contribution >= 4 is 11.7 Å². The minimum absolute atomic E-state index is 0.0532. The van der Waals surface area contributed by atoms with Gasteiger partial charge in [-0.3, -0.25) is 0 Å². The van der Waals surface area contributed by atoms with E-state index in [4.69, 9.17) is 10.9 Å². The summed E-state index contributed by atoms with van der Waals surface area (Å²) in [5, 5.41) is 20.1. The molecule has 2 heterocycles. The van der Waals surface area contributed by atoms with Gasteiger partial charge in [-0.2, -0.15) is 5.10 Å². The zero-order valence-corrected chi connectivity index (χ0v) is 11.6. The summed E-state index contributed by atoms with van der Waals surface area (Å²) in [7, 11) is 0. The first-order chi connectivity index (χ1) is 10.3. The molecule has 3 rings (SSSR count). The van der Waals surface area contributed by atoms with E-state index in [1.165, 1.54) is 11.1 Å². The Morgan fingerprint density at radius 2 is 2.05 bits per heavy atom. The highest BCUT2D eigenvalue weighted by atomic mass is 16.4. The number of aromatic nitrogens is 2. The lowest BCUT2D eigenvalue weighted by molar-refractivity contribution is 0.318. The molecule has 0 saturated carbocycles. The number of benzene rings is 1. The van der Waals surface area contributed by atoms with Crippen molar-refractivity contribution in [1.29, 1.82) is 0 Å². The molecule has 1 aliphatic heterocycles. The summed E-state index contributed by atoms with van der Waals surface area (Å²) < 4.78 is 0. The van der Waals surface area contributed by atoms with Crippen molar-refractivity contribution < 1.29 is 5.21 Å². The van der Waals surface area contributed by atoms with Crippen molar-refractivity contribution in [1.82, 2.24) is 10.2 Å². The molecule has 0 saturated heterocycles. The van der Waals surface area contributed by atoms with Gasteiger partial charge in [-0.15, -0.1) is 5.10 Å². The number of amidine groups is 1. The molecule has 0 bridgehead atoms. The Kier molecular flexibility index (Phi) is 3.68. The van der Waals surface area contributed by atoms with E-state index in [1.54, 1.807) is 12.3 Å². The molecule has 1 aliphatic rings. The monoisotopic (exact) mass is 283 g/mol. The maximum atomic E-state index is 8.92. The zero-order valence-electron chi connectivity index (χ0n) is 11.6. The minimum atomic E-state index is 0.0532. The number of nitrogens with zero attached hydrogens (tertiary/aromatic N) is 4.